The molecule has 100 valence electrons. The quantitative estimate of drug-likeness (QED) is 0.535. The van der Waals surface area contributed by atoms with Gasteiger partial charge in [0, 0.05) is 25.2 Å². The van der Waals surface area contributed by atoms with Gasteiger partial charge in [0.25, 0.3) is 0 Å². The second kappa shape index (κ2) is 6.51. The van der Waals surface area contributed by atoms with Crippen molar-refractivity contribution in [1.82, 2.24) is 14.9 Å². The molecule has 1 aromatic rings. The highest BCUT2D eigenvalue weighted by Gasteiger charge is 2.18. The summed E-state index contributed by atoms with van der Waals surface area (Å²) in [5, 5.41) is 3.44. The summed E-state index contributed by atoms with van der Waals surface area (Å²) in [6.07, 6.45) is 5.07. The Hall–Kier alpha value is -1.40. The molecule has 0 saturated carbocycles. The Morgan fingerprint density at radius 2 is 2.06 bits per heavy atom. The van der Waals surface area contributed by atoms with Gasteiger partial charge in [0.15, 0.2) is 0 Å². The van der Waals surface area contributed by atoms with Crippen LogP contribution < -0.4 is 16.6 Å². The van der Waals surface area contributed by atoms with Crippen molar-refractivity contribution in [1.29, 1.82) is 0 Å². The molecule has 0 aromatic carbocycles. The van der Waals surface area contributed by atoms with E-state index in [9.17, 15) is 0 Å². The number of nitrogens with two attached hydrogens (primary N) is 1. The number of piperidine rings is 1. The predicted octanol–water partition coefficient (Wildman–Crippen LogP) is 1.05. The third kappa shape index (κ3) is 3.54. The molecule has 0 unspecified atom stereocenters. The van der Waals surface area contributed by atoms with Gasteiger partial charge in [-0.1, -0.05) is 6.92 Å². The summed E-state index contributed by atoms with van der Waals surface area (Å²) in [4.78, 5) is 10.7. The third-order valence-electron chi connectivity index (χ3n) is 3.29. The lowest BCUT2D eigenvalue weighted by atomic mass is 10.0. The number of hydrogen-bond donors (Lipinski definition) is 3. The number of anilines is 2. The van der Waals surface area contributed by atoms with E-state index in [0.29, 0.717) is 11.9 Å². The second-order valence-corrected chi connectivity index (χ2v) is 4.69. The van der Waals surface area contributed by atoms with Crippen LogP contribution in [0.2, 0.25) is 0 Å². The molecule has 2 rings (SSSR count). The fraction of sp³-hybridized carbons (Fsp3) is 0.667. The molecule has 6 heteroatoms. The zero-order valence-electron chi connectivity index (χ0n) is 10.9. The van der Waals surface area contributed by atoms with Crippen LogP contribution in [-0.2, 0) is 0 Å². The van der Waals surface area contributed by atoms with E-state index < -0.39 is 0 Å². The van der Waals surface area contributed by atoms with E-state index in [1.165, 1.54) is 32.4 Å². The highest BCUT2D eigenvalue weighted by molar-refractivity contribution is 5.46. The topological polar surface area (TPSA) is 79.1 Å². The van der Waals surface area contributed by atoms with Crippen LogP contribution in [0.4, 0.5) is 11.6 Å². The van der Waals surface area contributed by atoms with Crippen LogP contribution in [0.5, 0.6) is 0 Å². The van der Waals surface area contributed by atoms with E-state index in [1.54, 1.807) is 0 Å². The van der Waals surface area contributed by atoms with E-state index in [0.717, 1.165) is 18.7 Å². The maximum atomic E-state index is 5.33. The van der Waals surface area contributed by atoms with Crippen LogP contribution in [0.1, 0.15) is 26.2 Å². The highest BCUT2D eigenvalue weighted by Crippen LogP contribution is 2.16. The summed E-state index contributed by atoms with van der Waals surface area (Å²) < 4.78 is 0. The van der Waals surface area contributed by atoms with Gasteiger partial charge in [-0.2, -0.15) is 0 Å². The number of hydrogen-bond acceptors (Lipinski definition) is 6. The molecule has 4 N–H and O–H groups in total. The summed E-state index contributed by atoms with van der Waals surface area (Å²) >= 11 is 0. The van der Waals surface area contributed by atoms with Gasteiger partial charge in [0.05, 0.1) is 0 Å². The van der Waals surface area contributed by atoms with Crippen molar-refractivity contribution in [3.8, 4) is 0 Å². The largest absolute Gasteiger partial charge is 0.367 e. The first kappa shape index (κ1) is 13.0. The zero-order chi connectivity index (χ0) is 12.8. The van der Waals surface area contributed by atoms with Crippen molar-refractivity contribution in [3.05, 3.63) is 12.4 Å². The molecule has 18 heavy (non-hydrogen) atoms. The summed E-state index contributed by atoms with van der Waals surface area (Å²) in [7, 11) is 0. The lowest BCUT2D eigenvalue weighted by Gasteiger charge is -2.32. The third-order valence-corrected chi connectivity index (χ3v) is 3.29. The number of likely N-dealkylation sites (tertiary alicyclic amines) is 1. The predicted molar refractivity (Wildman–Crippen MR) is 73.2 cm³/mol. The van der Waals surface area contributed by atoms with E-state index in [2.05, 4.69) is 32.5 Å². The minimum Gasteiger partial charge on any atom is -0.367 e. The Morgan fingerprint density at radius 3 is 2.72 bits per heavy atom. The number of rotatable bonds is 5. The summed E-state index contributed by atoms with van der Waals surface area (Å²) in [5.74, 6) is 6.80. The first-order valence-electron chi connectivity index (χ1n) is 6.59. The van der Waals surface area contributed by atoms with Gasteiger partial charge < -0.3 is 15.6 Å². The molecule has 2 heterocycles. The Bertz CT molecular complexity index is 361. The highest BCUT2D eigenvalue weighted by atomic mass is 15.3. The fourth-order valence-electron chi connectivity index (χ4n) is 2.34. The summed E-state index contributed by atoms with van der Waals surface area (Å²) in [6, 6.07) is 2.33. The molecule has 0 amide bonds. The number of hydrazine groups is 1. The monoisotopic (exact) mass is 250 g/mol. The van der Waals surface area contributed by atoms with Gasteiger partial charge in [0.1, 0.15) is 18.0 Å². The minimum atomic E-state index is 0.499. The second-order valence-electron chi connectivity index (χ2n) is 4.69. The van der Waals surface area contributed by atoms with Gasteiger partial charge in [-0.25, -0.2) is 15.8 Å². The number of nitrogens with zero attached hydrogens (tertiary/aromatic N) is 3. The first-order chi connectivity index (χ1) is 8.81. The van der Waals surface area contributed by atoms with Crippen molar-refractivity contribution in [3.63, 3.8) is 0 Å². The van der Waals surface area contributed by atoms with Gasteiger partial charge in [-0.15, -0.1) is 0 Å². The van der Waals surface area contributed by atoms with Crippen LogP contribution in [0.25, 0.3) is 0 Å². The Balaban J connectivity index is 1.83. The molecule has 1 aliphatic rings. The van der Waals surface area contributed by atoms with Crippen LogP contribution in [0, 0.1) is 0 Å². The zero-order valence-corrected chi connectivity index (χ0v) is 10.9. The van der Waals surface area contributed by atoms with Gasteiger partial charge in [-0.05, 0) is 25.8 Å². The van der Waals surface area contributed by atoms with Gasteiger partial charge >= 0.3 is 0 Å². The Labute approximate surface area is 108 Å². The average molecular weight is 250 g/mol. The summed E-state index contributed by atoms with van der Waals surface area (Å²) in [6.45, 7) is 5.77. The van der Waals surface area contributed by atoms with Crippen LogP contribution in [0.15, 0.2) is 12.4 Å². The standard InChI is InChI=1S/C12H22N6/c1-2-5-18-6-3-10(4-7-18)16-11-8-12(17-13)15-9-14-11/h8-10H,2-7,13H2,1H3,(H2,14,15,16,17). The molecule has 6 nitrogen and oxygen atoms in total. The van der Waals surface area contributed by atoms with Crippen molar-refractivity contribution in [2.75, 3.05) is 30.4 Å². The van der Waals surface area contributed by atoms with Crippen molar-refractivity contribution in [2.24, 2.45) is 5.84 Å². The SMILES string of the molecule is CCCN1CCC(Nc2cc(NN)ncn2)CC1. The van der Waals surface area contributed by atoms with Gasteiger partial charge in [-0.3, -0.25) is 0 Å². The smallest absolute Gasteiger partial charge is 0.145 e. The van der Waals surface area contributed by atoms with E-state index in [-0.39, 0.29) is 0 Å². The summed E-state index contributed by atoms with van der Waals surface area (Å²) in [5.41, 5.74) is 2.53. The number of nitrogen functional groups attached to an aromatic ring is 1. The molecule has 0 atom stereocenters. The lowest BCUT2D eigenvalue weighted by Crippen LogP contribution is -2.39. The van der Waals surface area contributed by atoms with Gasteiger partial charge in [0.2, 0.25) is 0 Å². The first-order valence-corrected chi connectivity index (χ1v) is 6.59. The fourth-order valence-corrected chi connectivity index (χ4v) is 2.34. The molecule has 0 aliphatic carbocycles. The number of nitrogens with one attached hydrogen (secondary N) is 2. The van der Waals surface area contributed by atoms with Crippen molar-refractivity contribution < 1.29 is 0 Å². The van der Waals surface area contributed by atoms with E-state index in [1.807, 2.05) is 6.07 Å². The van der Waals surface area contributed by atoms with E-state index >= 15 is 0 Å². The molecular weight excluding hydrogens is 228 g/mol. The van der Waals surface area contributed by atoms with Crippen molar-refractivity contribution in [2.45, 2.75) is 32.2 Å². The number of aromatic nitrogens is 2. The maximum absolute atomic E-state index is 5.33. The Morgan fingerprint density at radius 1 is 1.33 bits per heavy atom. The molecule has 1 saturated heterocycles. The normalized spacial score (nSPS) is 17.7. The minimum absolute atomic E-state index is 0.499. The molecular formula is C12H22N6. The van der Waals surface area contributed by atoms with Crippen LogP contribution in [0.3, 0.4) is 0 Å². The lowest BCUT2D eigenvalue weighted by molar-refractivity contribution is 0.219. The average Bonchev–Trinajstić information content (AvgIpc) is 2.42. The van der Waals surface area contributed by atoms with Crippen LogP contribution >= 0.6 is 0 Å². The van der Waals surface area contributed by atoms with Crippen LogP contribution in [-0.4, -0.2) is 40.5 Å². The Kier molecular flexibility index (Phi) is 4.72. The molecule has 0 bridgehead atoms. The van der Waals surface area contributed by atoms with Crippen molar-refractivity contribution >= 4 is 11.6 Å². The molecule has 1 aromatic heterocycles. The molecule has 0 spiro atoms. The molecule has 0 radical (unpaired) electrons. The maximum Gasteiger partial charge on any atom is 0.145 e. The molecule has 1 aliphatic heterocycles. The van der Waals surface area contributed by atoms with E-state index in [4.69, 9.17) is 5.84 Å². The molecule has 1 fully saturated rings.